The molecule has 2 aliphatic rings. The van der Waals surface area contributed by atoms with E-state index in [0.29, 0.717) is 31.0 Å². The summed E-state index contributed by atoms with van der Waals surface area (Å²) in [5.74, 6) is 0.479. The number of rotatable bonds is 11. The van der Waals surface area contributed by atoms with Gasteiger partial charge in [-0.25, -0.2) is 0 Å². The number of nitrogens with zero attached hydrogens (tertiary/aromatic N) is 2. The molecule has 1 atom stereocenters. The third-order valence-electron chi connectivity index (χ3n) is 7.39. The number of benzene rings is 2. The molecule has 1 amide bonds. The first-order chi connectivity index (χ1) is 19.6. The van der Waals surface area contributed by atoms with Crippen LogP contribution < -0.4 is 5.32 Å². The number of carbonyl (C=O) groups excluding carboxylic acids is 2. The minimum absolute atomic E-state index is 0. The fourth-order valence-electron chi connectivity index (χ4n) is 5.40. The molecule has 1 radical (unpaired) electrons. The van der Waals surface area contributed by atoms with E-state index in [0.717, 1.165) is 22.3 Å². The molecule has 0 fully saturated rings. The van der Waals surface area contributed by atoms with Gasteiger partial charge in [0.2, 0.25) is 0 Å². The van der Waals surface area contributed by atoms with E-state index in [2.05, 4.69) is 76.1 Å². The zero-order valence-electron chi connectivity index (χ0n) is 27.4. The molecule has 1 heterocycles. The number of allylic oxidation sites excluding steroid dienone is 2. The minimum Gasteiger partial charge on any atom is -0.330 e. The van der Waals surface area contributed by atoms with Gasteiger partial charge in [0.05, 0.1) is 6.04 Å². The van der Waals surface area contributed by atoms with Gasteiger partial charge < -0.3 is 15.1 Å². The van der Waals surface area contributed by atoms with E-state index in [9.17, 15) is 9.59 Å². The Labute approximate surface area is 251 Å². The Hall–Kier alpha value is -2.76. The first kappa shape index (κ1) is 34.4. The van der Waals surface area contributed by atoms with Crippen LogP contribution in [-0.4, -0.2) is 48.7 Å². The Morgan fingerprint density at radius 2 is 1.61 bits per heavy atom. The molecule has 227 valence electrons. The molecule has 5 heteroatoms. The summed E-state index contributed by atoms with van der Waals surface area (Å²) in [6.45, 7) is 20.4. The lowest BCUT2D eigenvalue weighted by Crippen LogP contribution is -2.29. The van der Waals surface area contributed by atoms with Crippen LogP contribution in [0.15, 0.2) is 36.4 Å². The highest BCUT2D eigenvalue weighted by molar-refractivity contribution is 6.04. The van der Waals surface area contributed by atoms with Gasteiger partial charge in [0.15, 0.2) is 5.78 Å². The van der Waals surface area contributed by atoms with E-state index < -0.39 is 6.04 Å². The second-order valence-electron chi connectivity index (χ2n) is 11.6. The molecule has 0 bridgehead atoms. The van der Waals surface area contributed by atoms with Crippen molar-refractivity contribution in [2.24, 2.45) is 5.92 Å². The third kappa shape index (κ3) is 9.65. The number of fused-ring (bicyclic) bond motifs is 1. The Morgan fingerprint density at radius 3 is 2.15 bits per heavy atom. The van der Waals surface area contributed by atoms with Gasteiger partial charge in [0.1, 0.15) is 0 Å². The van der Waals surface area contributed by atoms with Gasteiger partial charge in [-0.1, -0.05) is 77.4 Å². The zero-order chi connectivity index (χ0) is 30.7. The van der Waals surface area contributed by atoms with Crippen LogP contribution in [0.3, 0.4) is 0 Å². The molecule has 4 rings (SSSR count). The smallest absolute Gasteiger partial charge is 0.255 e. The molecule has 1 aliphatic carbocycles. The van der Waals surface area contributed by atoms with Crippen LogP contribution in [0, 0.1) is 26.2 Å². The van der Waals surface area contributed by atoms with Crippen molar-refractivity contribution in [2.75, 3.05) is 27.2 Å². The predicted molar refractivity (Wildman–Crippen MR) is 176 cm³/mol. The van der Waals surface area contributed by atoms with E-state index in [1.165, 1.54) is 42.6 Å². The number of hydrogen-bond acceptors (Lipinski definition) is 4. The quantitative estimate of drug-likeness (QED) is 0.302. The fourth-order valence-corrected chi connectivity index (χ4v) is 5.40. The van der Waals surface area contributed by atoms with Crippen LogP contribution in [0.1, 0.15) is 112 Å². The number of ketones is 1. The number of Topliss-reactive ketones (excluding diaryl/α,β-unsaturated/α-hetero) is 1. The summed E-state index contributed by atoms with van der Waals surface area (Å²) in [7, 11) is 3.99. The summed E-state index contributed by atoms with van der Waals surface area (Å²) < 4.78 is 0. The van der Waals surface area contributed by atoms with Gasteiger partial charge in [0.25, 0.3) is 5.91 Å². The Balaban J connectivity index is 0.000000698. The van der Waals surface area contributed by atoms with Crippen LogP contribution in [-0.2, 0) is 17.9 Å². The summed E-state index contributed by atoms with van der Waals surface area (Å²) in [4.78, 5) is 30.8. The van der Waals surface area contributed by atoms with E-state index >= 15 is 0 Å². The molecule has 1 aliphatic heterocycles. The van der Waals surface area contributed by atoms with Crippen molar-refractivity contribution in [3.8, 4) is 0 Å². The molecule has 0 saturated carbocycles. The van der Waals surface area contributed by atoms with Gasteiger partial charge in [-0.3, -0.25) is 9.59 Å². The number of carbonyl (C=O) groups is 2. The highest BCUT2D eigenvalue weighted by atomic mass is 16.2. The monoisotopic (exact) mass is 562 g/mol. The van der Waals surface area contributed by atoms with Crippen LogP contribution in [0.25, 0.3) is 5.57 Å². The highest BCUT2D eigenvalue weighted by Gasteiger charge is 2.30. The maximum absolute atomic E-state index is 13.7. The van der Waals surface area contributed by atoms with E-state index in [-0.39, 0.29) is 13.1 Å². The van der Waals surface area contributed by atoms with Crippen LogP contribution in [0.4, 0.5) is 0 Å². The van der Waals surface area contributed by atoms with E-state index in [1.807, 2.05) is 51.3 Å². The van der Waals surface area contributed by atoms with Crippen LogP contribution >= 0.6 is 0 Å². The SMILES string of the molecule is CC.CCCN(C)CCC.CNC(C(=O)CC(C)C)c1cc(C(=O)N2Cc3ccc(C)cc3C2)c(C2=C[CH]2)cc1C.[HH]. The second-order valence-corrected chi connectivity index (χ2v) is 11.6. The van der Waals surface area contributed by atoms with Crippen molar-refractivity contribution in [3.05, 3.63) is 81.8 Å². The summed E-state index contributed by atoms with van der Waals surface area (Å²) in [5, 5.41) is 3.19. The average molecular weight is 563 g/mol. The van der Waals surface area contributed by atoms with Gasteiger partial charge in [-0.15, -0.1) is 0 Å². The molecular formula is C36H56N3O2. The number of nitrogens with one attached hydrogen (secondary N) is 1. The van der Waals surface area contributed by atoms with E-state index in [4.69, 9.17) is 0 Å². The van der Waals surface area contributed by atoms with Crippen LogP contribution in [0.2, 0.25) is 0 Å². The van der Waals surface area contributed by atoms with Crippen molar-refractivity contribution >= 4 is 17.3 Å². The molecule has 2 aromatic carbocycles. The topological polar surface area (TPSA) is 52.7 Å². The fraction of sp³-hybridized carbons (Fsp3) is 0.528. The molecule has 2 aromatic rings. The summed E-state index contributed by atoms with van der Waals surface area (Å²) in [6, 6.07) is 10.0. The lowest BCUT2D eigenvalue weighted by atomic mass is 9.89. The zero-order valence-corrected chi connectivity index (χ0v) is 27.4. The molecule has 0 spiro atoms. The van der Waals surface area contributed by atoms with Gasteiger partial charge in [0, 0.05) is 32.9 Å². The van der Waals surface area contributed by atoms with Crippen molar-refractivity contribution in [1.29, 1.82) is 0 Å². The summed E-state index contributed by atoms with van der Waals surface area (Å²) in [5.41, 5.74) is 8.32. The normalized spacial score (nSPS) is 14.0. The molecule has 5 nitrogen and oxygen atoms in total. The molecular weight excluding hydrogens is 506 g/mol. The second kappa shape index (κ2) is 16.6. The maximum atomic E-state index is 13.7. The molecule has 0 aromatic heterocycles. The first-order valence-electron chi connectivity index (χ1n) is 15.6. The Morgan fingerprint density at radius 1 is 1.00 bits per heavy atom. The highest BCUT2D eigenvalue weighted by Crippen LogP contribution is 2.37. The van der Waals surface area contributed by atoms with Gasteiger partial charge in [-0.05, 0) is 99.2 Å². The molecule has 1 N–H and O–H groups in total. The third-order valence-corrected chi connectivity index (χ3v) is 7.39. The minimum atomic E-state index is -0.404. The number of hydrogen-bond donors (Lipinski definition) is 1. The summed E-state index contributed by atoms with van der Waals surface area (Å²) >= 11 is 0. The van der Waals surface area contributed by atoms with Gasteiger partial charge >= 0.3 is 0 Å². The number of likely N-dealkylation sites (N-methyl/N-ethyl adjacent to an activating group) is 1. The van der Waals surface area contributed by atoms with Crippen molar-refractivity contribution < 1.29 is 11.0 Å². The first-order valence-corrected chi connectivity index (χ1v) is 15.6. The Bertz CT molecular complexity index is 1200. The number of amides is 1. The van der Waals surface area contributed by atoms with Gasteiger partial charge in [-0.2, -0.15) is 0 Å². The summed E-state index contributed by atoms with van der Waals surface area (Å²) in [6.07, 6.45) is 7.13. The molecule has 0 saturated heterocycles. The Kier molecular flexibility index (Phi) is 14.0. The van der Waals surface area contributed by atoms with Crippen molar-refractivity contribution in [3.63, 3.8) is 0 Å². The number of aryl methyl sites for hydroxylation is 2. The van der Waals surface area contributed by atoms with Crippen molar-refractivity contribution in [2.45, 2.75) is 93.8 Å². The predicted octanol–water partition coefficient (Wildman–Crippen LogP) is 7.95. The molecule has 1 unspecified atom stereocenters. The maximum Gasteiger partial charge on any atom is 0.255 e. The lowest BCUT2D eigenvalue weighted by Gasteiger charge is -2.23. The van der Waals surface area contributed by atoms with Crippen LogP contribution in [0.5, 0.6) is 0 Å². The lowest BCUT2D eigenvalue weighted by molar-refractivity contribution is -0.121. The van der Waals surface area contributed by atoms with Crippen molar-refractivity contribution in [1.82, 2.24) is 15.1 Å². The largest absolute Gasteiger partial charge is 0.330 e. The molecule has 41 heavy (non-hydrogen) atoms. The van der Waals surface area contributed by atoms with E-state index in [1.54, 1.807) is 0 Å². The standard InChI is InChI=1S/C27H31N2O2.C7H17N.C2H6.H2/c1-16(2)10-25(30)26(28-5)22-13-24(23(12-18(22)4)19-8-9-19)27(31)29-14-20-7-6-17(3)11-21(20)15-29;1-4-6-8(3)7-5-2;1-2;/h6-9,11-13,16,26,28H,10,14-15H2,1-5H3;4-7H2,1-3H3;1-2H3;1H. The average Bonchev–Trinajstić information content (AvgIpc) is 3.69.